The van der Waals surface area contributed by atoms with Crippen molar-refractivity contribution < 1.29 is 30.8 Å². The fourth-order valence-electron chi connectivity index (χ4n) is 8.52. The zero-order chi connectivity index (χ0) is 41.4. The molecule has 59 heavy (non-hydrogen) atoms. The molecule has 2 N–H and O–H groups in total. The van der Waals surface area contributed by atoms with Crippen LogP contribution < -0.4 is 15.5 Å². The van der Waals surface area contributed by atoms with Crippen LogP contribution in [0.15, 0.2) is 113 Å². The number of amides is 2. The van der Waals surface area contributed by atoms with Gasteiger partial charge in [-0.2, -0.15) is 8.61 Å². The second kappa shape index (κ2) is 19.2. The molecule has 314 valence electrons. The smallest absolute Gasteiger partial charge is 0.243 e. The highest BCUT2D eigenvalue weighted by Crippen LogP contribution is 2.37. The lowest BCUT2D eigenvalue weighted by Gasteiger charge is -2.39. The van der Waals surface area contributed by atoms with Gasteiger partial charge in [-0.15, -0.1) is 0 Å². The molecule has 14 heteroatoms. The fourth-order valence-corrected chi connectivity index (χ4v) is 11.7. The molecule has 0 aromatic heterocycles. The van der Waals surface area contributed by atoms with Gasteiger partial charge in [-0.3, -0.25) is 9.59 Å². The second-order valence-corrected chi connectivity index (χ2v) is 19.8. The average molecular weight is 844 g/mol. The van der Waals surface area contributed by atoms with E-state index in [1.54, 1.807) is 12.1 Å². The van der Waals surface area contributed by atoms with Crippen LogP contribution >= 0.6 is 0 Å². The molecule has 3 fully saturated rings. The number of sulfonamides is 2. The van der Waals surface area contributed by atoms with Crippen LogP contribution in [0.25, 0.3) is 0 Å². The van der Waals surface area contributed by atoms with Crippen molar-refractivity contribution in [1.29, 1.82) is 0 Å². The van der Waals surface area contributed by atoms with Crippen molar-refractivity contribution in [2.75, 3.05) is 37.6 Å². The Morgan fingerprint density at radius 3 is 1.92 bits per heavy atom. The minimum absolute atomic E-state index is 0.0139. The molecular formula is C45H54FN5O6S2. The zero-order valence-electron chi connectivity index (χ0n) is 33.3. The van der Waals surface area contributed by atoms with Crippen LogP contribution in [-0.4, -0.2) is 82.1 Å². The number of anilines is 1. The van der Waals surface area contributed by atoms with Gasteiger partial charge in [-0.05, 0) is 123 Å². The van der Waals surface area contributed by atoms with Crippen LogP contribution in [0.4, 0.5) is 10.1 Å². The van der Waals surface area contributed by atoms with Crippen molar-refractivity contribution in [1.82, 2.24) is 19.2 Å². The minimum Gasteiger partial charge on any atom is -0.372 e. The molecule has 11 nitrogen and oxygen atoms in total. The highest BCUT2D eigenvalue weighted by atomic mass is 32.2. The topological polar surface area (TPSA) is 136 Å². The zero-order valence-corrected chi connectivity index (χ0v) is 35.0. The molecule has 3 aliphatic rings. The van der Waals surface area contributed by atoms with E-state index in [9.17, 15) is 30.8 Å². The van der Waals surface area contributed by atoms with Crippen LogP contribution in [0.5, 0.6) is 0 Å². The molecular weight excluding hydrogens is 790 g/mol. The number of hydrogen-bond donors (Lipinski definition) is 2. The number of nitrogens with one attached hydrogen (secondary N) is 2. The van der Waals surface area contributed by atoms with Crippen LogP contribution in [0.2, 0.25) is 0 Å². The van der Waals surface area contributed by atoms with Gasteiger partial charge in [-0.1, -0.05) is 54.6 Å². The van der Waals surface area contributed by atoms with Crippen LogP contribution in [0.3, 0.4) is 0 Å². The Hall–Kier alpha value is -4.63. The maximum Gasteiger partial charge on any atom is 0.243 e. The summed E-state index contributed by atoms with van der Waals surface area (Å²) in [5, 5.41) is 6.13. The molecule has 2 amide bonds. The molecule has 0 bridgehead atoms. The van der Waals surface area contributed by atoms with Gasteiger partial charge in [0.1, 0.15) is 5.82 Å². The molecule has 4 aromatic carbocycles. The molecule has 0 spiro atoms. The SMILES string of the molecule is O=C(CCc1cccc(C2CCC(NC(=O)CCc3ccccc3)CN2S(=O)(=O)c2ccc(N3CCCCC3)cc2)c1)NC1CCCN(S(=O)(=O)c2ccc(F)cc2)C1. The van der Waals surface area contributed by atoms with Crippen molar-refractivity contribution in [3.05, 3.63) is 126 Å². The minimum atomic E-state index is -3.98. The van der Waals surface area contributed by atoms with Gasteiger partial charge in [0.2, 0.25) is 31.9 Å². The van der Waals surface area contributed by atoms with Gasteiger partial charge < -0.3 is 15.5 Å². The molecule has 3 saturated heterocycles. The molecule has 3 atom stereocenters. The summed E-state index contributed by atoms with van der Waals surface area (Å²) in [4.78, 5) is 28.8. The lowest BCUT2D eigenvalue weighted by atomic mass is 9.93. The molecule has 3 heterocycles. The maximum atomic E-state index is 14.6. The van der Waals surface area contributed by atoms with Crippen LogP contribution in [0.1, 0.15) is 80.5 Å². The number of benzene rings is 4. The van der Waals surface area contributed by atoms with Crippen molar-refractivity contribution in [3.63, 3.8) is 0 Å². The summed E-state index contributed by atoms with van der Waals surface area (Å²) in [5.41, 5.74) is 3.77. The first-order valence-corrected chi connectivity index (χ1v) is 23.7. The highest BCUT2D eigenvalue weighted by molar-refractivity contribution is 7.89. The first-order valence-electron chi connectivity index (χ1n) is 20.8. The van der Waals surface area contributed by atoms with E-state index in [4.69, 9.17) is 0 Å². The van der Waals surface area contributed by atoms with Gasteiger partial charge in [0.15, 0.2) is 0 Å². The molecule has 0 radical (unpaired) electrons. The van der Waals surface area contributed by atoms with E-state index in [1.807, 2.05) is 66.7 Å². The quantitative estimate of drug-likeness (QED) is 0.151. The summed E-state index contributed by atoms with van der Waals surface area (Å²) < 4.78 is 71.9. The van der Waals surface area contributed by atoms with E-state index >= 15 is 0 Å². The number of hydrogen-bond acceptors (Lipinski definition) is 7. The molecule has 3 aliphatic heterocycles. The van der Waals surface area contributed by atoms with Crippen LogP contribution in [-0.2, 0) is 42.5 Å². The summed E-state index contributed by atoms with van der Waals surface area (Å²) in [6.07, 6.45) is 7.21. The summed E-state index contributed by atoms with van der Waals surface area (Å²) in [5.74, 6) is -0.837. The van der Waals surface area contributed by atoms with Crippen molar-refractivity contribution >= 4 is 37.5 Å². The number of piperidine rings is 3. The summed E-state index contributed by atoms with van der Waals surface area (Å²) in [6, 6.07) is 28.2. The third-order valence-electron chi connectivity index (χ3n) is 11.7. The molecule has 0 aliphatic carbocycles. The lowest BCUT2D eigenvalue weighted by molar-refractivity contribution is -0.122. The Kier molecular flexibility index (Phi) is 13.8. The van der Waals surface area contributed by atoms with E-state index in [-0.39, 0.29) is 53.2 Å². The summed E-state index contributed by atoms with van der Waals surface area (Å²) >= 11 is 0. The maximum absolute atomic E-state index is 14.6. The van der Waals surface area contributed by atoms with Crippen molar-refractivity contribution in [2.45, 2.75) is 98.5 Å². The predicted molar refractivity (Wildman–Crippen MR) is 226 cm³/mol. The number of carbonyl (C=O) groups excluding carboxylic acids is 2. The summed E-state index contributed by atoms with van der Waals surface area (Å²) in [7, 11) is -7.82. The average Bonchev–Trinajstić information content (AvgIpc) is 3.26. The van der Waals surface area contributed by atoms with E-state index in [1.165, 1.54) is 27.2 Å². The number of halogens is 1. The Morgan fingerprint density at radius 1 is 0.610 bits per heavy atom. The van der Waals surface area contributed by atoms with Gasteiger partial charge in [0.25, 0.3) is 0 Å². The van der Waals surface area contributed by atoms with Gasteiger partial charge in [0.05, 0.1) is 15.8 Å². The third kappa shape index (κ3) is 10.8. The standard InChI is InChI=1S/C45H54FN5O6S2/c46-37-16-21-41(22-17-37)58(54,55)50-30-8-13-38(32-50)47-45(53)27-15-35-11-7-12-36(31-35)43-25-18-39(48-44(52)26-14-34-9-3-1-4-10-34)33-51(43)59(56,57)42-23-19-40(20-24-42)49-28-5-2-6-29-49/h1,3-4,7,9-12,16-17,19-24,31,38-39,43H,2,5-6,8,13-15,18,25-30,32-33H2,(H,47,53)(H,48,52). The number of carbonyl (C=O) groups is 2. The monoisotopic (exact) mass is 843 g/mol. The van der Waals surface area contributed by atoms with Gasteiger partial charge in [0, 0.05) is 63.3 Å². The predicted octanol–water partition coefficient (Wildman–Crippen LogP) is 6.36. The van der Waals surface area contributed by atoms with Crippen molar-refractivity contribution in [2.24, 2.45) is 0 Å². The van der Waals surface area contributed by atoms with E-state index in [0.717, 1.165) is 60.4 Å². The number of rotatable bonds is 14. The second-order valence-electron chi connectivity index (χ2n) is 15.9. The largest absolute Gasteiger partial charge is 0.372 e. The molecule has 0 saturated carbocycles. The van der Waals surface area contributed by atoms with E-state index < -0.39 is 31.9 Å². The van der Waals surface area contributed by atoms with Crippen LogP contribution in [0, 0.1) is 5.82 Å². The van der Waals surface area contributed by atoms with E-state index in [0.29, 0.717) is 51.5 Å². The van der Waals surface area contributed by atoms with Gasteiger partial charge in [-0.25, -0.2) is 21.2 Å². The molecule has 4 aromatic rings. The van der Waals surface area contributed by atoms with Gasteiger partial charge >= 0.3 is 0 Å². The lowest BCUT2D eigenvalue weighted by Crippen LogP contribution is -2.50. The van der Waals surface area contributed by atoms with E-state index in [2.05, 4.69) is 15.5 Å². The first kappa shape index (κ1) is 42.5. The third-order valence-corrected chi connectivity index (χ3v) is 15.5. The number of aryl methyl sites for hydroxylation is 2. The van der Waals surface area contributed by atoms with Crippen molar-refractivity contribution in [3.8, 4) is 0 Å². The Balaban J connectivity index is 1.02. The normalized spacial score (nSPS) is 20.8. The summed E-state index contributed by atoms with van der Waals surface area (Å²) in [6.45, 7) is 2.47. The first-order chi connectivity index (χ1) is 28.5. The fraction of sp³-hybridized carbons (Fsp3) is 0.422. The Morgan fingerprint density at radius 2 is 1.22 bits per heavy atom. The Bertz CT molecular complexity index is 2270. The molecule has 7 rings (SSSR count). The Labute approximate surface area is 348 Å². The molecule has 3 unspecified atom stereocenters. The highest BCUT2D eigenvalue weighted by Gasteiger charge is 2.39. The number of nitrogens with zero attached hydrogens (tertiary/aromatic N) is 3.